The van der Waals surface area contributed by atoms with Crippen molar-refractivity contribution in [3.63, 3.8) is 0 Å². The topological polar surface area (TPSA) is 72.7 Å². The Morgan fingerprint density at radius 1 is 1.32 bits per heavy atom. The number of fused-ring (bicyclic) bond motifs is 1. The zero-order valence-corrected chi connectivity index (χ0v) is 13.7. The average Bonchev–Trinajstić information content (AvgIpc) is 2.62. The van der Waals surface area contributed by atoms with Crippen molar-refractivity contribution < 1.29 is 13.9 Å². The summed E-state index contributed by atoms with van der Waals surface area (Å²) >= 11 is 0. The lowest BCUT2D eigenvalue weighted by Crippen LogP contribution is -2.33. The molecule has 0 radical (unpaired) electrons. The molecule has 25 heavy (non-hydrogen) atoms. The van der Waals surface area contributed by atoms with Crippen LogP contribution in [0.15, 0.2) is 53.6 Å². The summed E-state index contributed by atoms with van der Waals surface area (Å²) in [5.74, 6) is -0.965. The number of rotatable bonds is 4. The van der Waals surface area contributed by atoms with E-state index in [4.69, 9.17) is 4.74 Å². The maximum Gasteiger partial charge on any atom is 0.270 e. The van der Waals surface area contributed by atoms with Crippen LogP contribution in [0.5, 0.6) is 5.75 Å². The molecule has 7 heteroatoms. The van der Waals surface area contributed by atoms with Crippen molar-refractivity contribution in [2.75, 3.05) is 7.11 Å². The monoisotopic (exact) mass is 341 g/mol. The molecule has 0 aliphatic heterocycles. The number of amides is 1. The van der Waals surface area contributed by atoms with Gasteiger partial charge in [0.15, 0.2) is 11.6 Å². The highest BCUT2D eigenvalue weighted by Crippen LogP contribution is 2.21. The minimum atomic E-state index is -0.570. The summed E-state index contributed by atoms with van der Waals surface area (Å²) in [4.78, 5) is 28.9. The number of aromatic nitrogens is 2. The second-order valence-electron chi connectivity index (χ2n) is 5.49. The fourth-order valence-electron chi connectivity index (χ4n) is 2.49. The van der Waals surface area contributed by atoms with Gasteiger partial charge in [0.1, 0.15) is 11.2 Å². The lowest BCUT2D eigenvalue weighted by atomic mass is 10.1. The van der Waals surface area contributed by atoms with E-state index in [9.17, 15) is 14.0 Å². The number of pyridine rings is 1. The molecule has 0 saturated carbocycles. The summed E-state index contributed by atoms with van der Waals surface area (Å²) in [6, 6.07) is 9.03. The van der Waals surface area contributed by atoms with E-state index in [-0.39, 0.29) is 11.3 Å². The second-order valence-corrected chi connectivity index (χ2v) is 5.49. The molecule has 1 aromatic carbocycles. The molecule has 3 aromatic rings. The number of halogens is 1. The molecule has 3 rings (SSSR count). The van der Waals surface area contributed by atoms with Gasteiger partial charge in [-0.3, -0.25) is 14.0 Å². The van der Waals surface area contributed by atoms with Gasteiger partial charge in [0, 0.05) is 12.4 Å². The molecule has 6 nitrogen and oxygen atoms in total. The van der Waals surface area contributed by atoms with Gasteiger partial charge >= 0.3 is 0 Å². The van der Waals surface area contributed by atoms with Crippen molar-refractivity contribution in [1.29, 1.82) is 0 Å². The van der Waals surface area contributed by atoms with Gasteiger partial charge in [-0.1, -0.05) is 12.1 Å². The zero-order valence-electron chi connectivity index (χ0n) is 13.7. The molecule has 0 fully saturated rings. The summed E-state index contributed by atoms with van der Waals surface area (Å²) < 4.78 is 20.0. The van der Waals surface area contributed by atoms with Crippen molar-refractivity contribution in [2.45, 2.75) is 13.0 Å². The molecule has 2 aromatic heterocycles. The Labute approximate surface area is 142 Å². The Morgan fingerprint density at radius 3 is 2.84 bits per heavy atom. The van der Waals surface area contributed by atoms with E-state index in [2.05, 4.69) is 10.3 Å². The summed E-state index contributed by atoms with van der Waals surface area (Å²) in [5, 5.41) is 2.68. The largest absolute Gasteiger partial charge is 0.494 e. The van der Waals surface area contributed by atoms with Gasteiger partial charge in [-0.2, -0.15) is 0 Å². The first-order valence-corrected chi connectivity index (χ1v) is 7.62. The van der Waals surface area contributed by atoms with Crippen LogP contribution in [0.25, 0.3) is 5.65 Å². The van der Waals surface area contributed by atoms with Crippen LogP contribution in [0.3, 0.4) is 0 Å². The van der Waals surface area contributed by atoms with Gasteiger partial charge in [-0.15, -0.1) is 0 Å². The summed E-state index contributed by atoms with van der Waals surface area (Å²) in [5.41, 5.74) is 0.468. The molecular formula is C18H16FN3O3. The number of nitrogens with zero attached hydrogens (tertiary/aromatic N) is 2. The van der Waals surface area contributed by atoms with Crippen LogP contribution in [-0.2, 0) is 0 Å². The Hall–Kier alpha value is -3.22. The summed E-state index contributed by atoms with van der Waals surface area (Å²) in [7, 11) is 1.38. The van der Waals surface area contributed by atoms with Gasteiger partial charge < -0.3 is 10.1 Å². The van der Waals surface area contributed by atoms with Crippen molar-refractivity contribution in [3.8, 4) is 5.75 Å². The highest BCUT2D eigenvalue weighted by Gasteiger charge is 2.17. The number of carbonyl (C=O) groups is 1. The lowest BCUT2D eigenvalue weighted by Gasteiger charge is -2.15. The fraction of sp³-hybridized carbons (Fsp3) is 0.167. The Kier molecular flexibility index (Phi) is 4.47. The van der Waals surface area contributed by atoms with Crippen LogP contribution in [0.1, 0.15) is 28.9 Å². The van der Waals surface area contributed by atoms with Crippen LogP contribution in [-0.4, -0.2) is 22.4 Å². The van der Waals surface area contributed by atoms with E-state index in [1.807, 2.05) is 0 Å². The SMILES string of the molecule is COc1ccc([C@@H](C)NC(=O)c2cnc3ccccn3c2=O)cc1F. The number of benzene rings is 1. The highest BCUT2D eigenvalue weighted by molar-refractivity contribution is 5.94. The van der Waals surface area contributed by atoms with Gasteiger partial charge in [-0.25, -0.2) is 9.37 Å². The minimum Gasteiger partial charge on any atom is -0.494 e. The molecule has 0 unspecified atom stereocenters. The van der Waals surface area contributed by atoms with Crippen LogP contribution in [0.2, 0.25) is 0 Å². The zero-order chi connectivity index (χ0) is 18.0. The summed E-state index contributed by atoms with van der Waals surface area (Å²) in [6.07, 6.45) is 2.79. The lowest BCUT2D eigenvalue weighted by molar-refractivity contribution is 0.0937. The maximum atomic E-state index is 13.8. The first-order chi connectivity index (χ1) is 12.0. The third kappa shape index (κ3) is 3.21. The average molecular weight is 341 g/mol. The Balaban J connectivity index is 1.86. The molecule has 0 saturated heterocycles. The standard InChI is InChI=1S/C18H16FN3O3/c1-11(12-6-7-15(25-2)14(19)9-12)21-17(23)13-10-20-16-5-3-4-8-22(16)18(13)24/h3-11H,1-2H3,(H,21,23)/t11-/m1/s1. The van der Waals surface area contributed by atoms with Crippen LogP contribution < -0.4 is 15.6 Å². The molecule has 2 heterocycles. The number of ether oxygens (including phenoxy) is 1. The van der Waals surface area contributed by atoms with E-state index in [1.54, 1.807) is 37.4 Å². The molecule has 1 amide bonds. The van der Waals surface area contributed by atoms with Crippen molar-refractivity contribution >= 4 is 11.6 Å². The van der Waals surface area contributed by atoms with Gasteiger partial charge in [0.25, 0.3) is 11.5 Å². The molecular weight excluding hydrogens is 325 g/mol. The number of hydrogen-bond donors (Lipinski definition) is 1. The van der Waals surface area contributed by atoms with E-state index < -0.39 is 23.3 Å². The van der Waals surface area contributed by atoms with Crippen molar-refractivity contribution in [1.82, 2.24) is 14.7 Å². The van der Waals surface area contributed by atoms with E-state index in [0.29, 0.717) is 11.2 Å². The quantitative estimate of drug-likeness (QED) is 0.790. The van der Waals surface area contributed by atoms with E-state index in [1.165, 1.54) is 29.8 Å². The van der Waals surface area contributed by atoms with Gasteiger partial charge in [-0.05, 0) is 36.8 Å². The first-order valence-electron chi connectivity index (χ1n) is 7.62. The molecule has 0 spiro atoms. The van der Waals surface area contributed by atoms with Crippen LogP contribution >= 0.6 is 0 Å². The van der Waals surface area contributed by atoms with E-state index in [0.717, 1.165) is 0 Å². The van der Waals surface area contributed by atoms with Crippen LogP contribution in [0.4, 0.5) is 4.39 Å². The molecule has 0 bridgehead atoms. The Morgan fingerprint density at radius 2 is 2.12 bits per heavy atom. The molecule has 128 valence electrons. The maximum absolute atomic E-state index is 13.8. The number of hydrogen-bond acceptors (Lipinski definition) is 4. The van der Waals surface area contributed by atoms with Gasteiger partial charge in [0.2, 0.25) is 0 Å². The predicted octanol–water partition coefficient (Wildman–Crippen LogP) is 2.33. The molecule has 0 aliphatic carbocycles. The molecule has 1 N–H and O–H groups in total. The predicted molar refractivity (Wildman–Crippen MR) is 90.3 cm³/mol. The normalized spacial score (nSPS) is 12.0. The number of nitrogens with one attached hydrogen (secondary N) is 1. The third-order valence-corrected chi connectivity index (χ3v) is 3.88. The molecule has 1 atom stereocenters. The smallest absolute Gasteiger partial charge is 0.270 e. The van der Waals surface area contributed by atoms with Gasteiger partial charge in [0.05, 0.1) is 13.2 Å². The van der Waals surface area contributed by atoms with Crippen LogP contribution in [0, 0.1) is 5.82 Å². The first kappa shape index (κ1) is 16.6. The second kappa shape index (κ2) is 6.72. The number of carbonyl (C=O) groups excluding carboxylic acids is 1. The summed E-state index contributed by atoms with van der Waals surface area (Å²) in [6.45, 7) is 1.70. The molecule has 0 aliphatic rings. The third-order valence-electron chi connectivity index (χ3n) is 3.88. The van der Waals surface area contributed by atoms with E-state index >= 15 is 0 Å². The van der Waals surface area contributed by atoms with Crippen molar-refractivity contribution in [3.05, 3.63) is 76.1 Å². The fourth-order valence-corrected chi connectivity index (χ4v) is 2.49. The Bertz CT molecular complexity index is 1000. The highest BCUT2D eigenvalue weighted by atomic mass is 19.1. The van der Waals surface area contributed by atoms with Crippen molar-refractivity contribution in [2.24, 2.45) is 0 Å². The number of methoxy groups -OCH3 is 1. The minimum absolute atomic E-state index is 0.0791.